The number of nitrogens with zero attached hydrogens (tertiary/aromatic N) is 3. The Morgan fingerprint density at radius 1 is 1.09 bits per heavy atom. The van der Waals surface area contributed by atoms with Crippen LogP contribution in [0.25, 0.3) is 17.1 Å². The zero-order valence-electron chi connectivity index (χ0n) is 17.0. The number of nitrogens with one attached hydrogen (secondary N) is 1. The predicted octanol–water partition coefficient (Wildman–Crippen LogP) is 6.09. The number of hydrogen-bond donors (Lipinski definition) is 1. The molecule has 0 radical (unpaired) electrons. The standard InChI is InChI=1S/C23H18BrClN4O2S/c1-31-18-10-8-17(9-11-18)29-22(15-5-3-2-4-6-15)27-28-23(29)32-14-21(30)26-20-12-7-16(24)13-19(20)25/h2-13H,14H2,1H3,(H,26,30). The zero-order chi connectivity index (χ0) is 22.5. The molecule has 0 saturated heterocycles. The number of rotatable bonds is 7. The summed E-state index contributed by atoms with van der Waals surface area (Å²) in [4.78, 5) is 12.6. The number of ether oxygens (including phenoxy) is 1. The summed E-state index contributed by atoms with van der Waals surface area (Å²) in [7, 11) is 1.63. The average Bonchev–Trinajstić information content (AvgIpc) is 3.24. The number of benzene rings is 3. The van der Waals surface area contributed by atoms with Crippen LogP contribution in [0.1, 0.15) is 0 Å². The highest BCUT2D eigenvalue weighted by Crippen LogP contribution is 2.30. The topological polar surface area (TPSA) is 69.0 Å². The molecule has 0 aliphatic carbocycles. The van der Waals surface area contributed by atoms with Crippen molar-refractivity contribution in [2.24, 2.45) is 0 Å². The molecule has 32 heavy (non-hydrogen) atoms. The predicted molar refractivity (Wildman–Crippen MR) is 132 cm³/mol. The monoisotopic (exact) mass is 528 g/mol. The molecule has 0 aliphatic rings. The van der Waals surface area contributed by atoms with Gasteiger partial charge in [0.1, 0.15) is 5.75 Å². The van der Waals surface area contributed by atoms with Crippen molar-refractivity contribution in [2.45, 2.75) is 5.16 Å². The highest BCUT2D eigenvalue weighted by molar-refractivity contribution is 9.10. The van der Waals surface area contributed by atoms with Gasteiger partial charge in [0.2, 0.25) is 5.91 Å². The van der Waals surface area contributed by atoms with E-state index in [9.17, 15) is 4.79 Å². The minimum atomic E-state index is -0.190. The van der Waals surface area contributed by atoms with Gasteiger partial charge in [-0.2, -0.15) is 0 Å². The summed E-state index contributed by atoms with van der Waals surface area (Å²) < 4.78 is 8.05. The molecule has 0 atom stereocenters. The van der Waals surface area contributed by atoms with Crippen LogP contribution in [0.5, 0.6) is 5.75 Å². The van der Waals surface area contributed by atoms with E-state index in [0.717, 1.165) is 21.5 Å². The van der Waals surface area contributed by atoms with Gasteiger partial charge < -0.3 is 10.1 Å². The van der Waals surface area contributed by atoms with E-state index in [1.54, 1.807) is 19.2 Å². The van der Waals surface area contributed by atoms with Crippen LogP contribution in [0, 0.1) is 0 Å². The van der Waals surface area contributed by atoms with Crippen molar-refractivity contribution >= 4 is 50.9 Å². The van der Waals surface area contributed by atoms with E-state index in [1.807, 2.05) is 65.2 Å². The molecule has 0 bridgehead atoms. The summed E-state index contributed by atoms with van der Waals surface area (Å²) in [6.45, 7) is 0. The van der Waals surface area contributed by atoms with Crippen molar-refractivity contribution in [1.29, 1.82) is 0 Å². The number of thioether (sulfide) groups is 1. The Hall–Kier alpha value is -2.81. The van der Waals surface area contributed by atoms with E-state index >= 15 is 0 Å². The highest BCUT2D eigenvalue weighted by atomic mass is 79.9. The van der Waals surface area contributed by atoms with Crippen molar-refractivity contribution in [3.8, 4) is 22.8 Å². The quantitative estimate of drug-likeness (QED) is 0.293. The molecular weight excluding hydrogens is 512 g/mol. The second kappa shape index (κ2) is 10.2. The lowest BCUT2D eigenvalue weighted by Crippen LogP contribution is -2.15. The van der Waals surface area contributed by atoms with Crippen LogP contribution in [0.3, 0.4) is 0 Å². The number of carbonyl (C=O) groups excluding carboxylic acids is 1. The first-order valence-electron chi connectivity index (χ1n) is 9.58. The molecular formula is C23H18BrClN4O2S. The maximum Gasteiger partial charge on any atom is 0.234 e. The van der Waals surface area contributed by atoms with Gasteiger partial charge in [-0.25, -0.2) is 0 Å². The Morgan fingerprint density at radius 3 is 2.53 bits per heavy atom. The molecule has 3 aromatic carbocycles. The molecule has 1 heterocycles. The molecule has 9 heteroatoms. The van der Waals surface area contributed by atoms with Crippen LogP contribution in [-0.2, 0) is 4.79 Å². The molecule has 4 aromatic rings. The van der Waals surface area contributed by atoms with Gasteiger partial charge in [0.15, 0.2) is 11.0 Å². The van der Waals surface area contributed by atoms with Crippen LogP contribution in [0.2, 0.25) is 5.02 Å². The van der Waals surface area contributed by atoms with Gasteiger partial charge in [0.05, 0.1) is 23.6 Å². The van der Waals surface area contributed by atoms with Crippen LogP contribution < -0.4 is 10.1 Å². The fraction of sp³-hybridized carbons (Fsp3) is 0.0870. The average molecular weight is 530 g/mol. The van der Waals surface area contributed by atoms with E-state index < -0.39 is 0 Å². The van der Waals surface area contributed by atoms with Gasteiger partial charge in [0.25, 0.3) is 0 Å². The van der Waals surface area contributed by atoms with Crippen molar-refractivity contribution in [2.75, 3.05) is 18.2 Å². The summed E-state index contributed by atoms with van der Waals surface area (Å²) in [6, 6.07) is 22.7. The Balaban J connectivity index is 1.59. The molecule has 0 unspecified atom stereocenters. The largest absolute Gasteiger partial charge is 0.497 e. The number of carbonyl (C=O) groups is 1. The van der Waals surface area contributed by atoms with Crippen LogP contribution >= 0.6 is 39.3 Å². The van der Waals surface area contributed by atoms with Gasteiger partial charge in [-0.15, -0.1) is 10.2 Å². The van der Waals surface area contributed by atoms with Crippen LogP contribution in [0.4, 0.5) is 5.69 Å². The summed E-state index contributed by atoms with van der Waals surface area (Å²) in [5.41, 5.74) is 2.35. The number of hydrogen-bond acceptors (Lipinski definition) is 5. The third-order valence-electron chi connectivity index (χ3n) is 4.53. The van der Waals surface area contributed by atoms with Crippen LogP contribution in [-0.4, -0.2) is 33.5 Å². The Bertz CT molecular complexity index is 1230. The Labute approximate surface area is 203 Å². The molecule has 0 fully saturated rings. The summed E-state index contributed by atoms with van der Waals surface area (Å²) >= 11 is 10.9. The summed E-state index contributed by atoms with van der Waals surface area (Å²) in [5, 5.41) is 12.6. The number of anilines is 1. The number of methoxy groups -OCH3 is 1. The molecule has 0 saturated carbocycles. The molecule has 6 nitrogen and oxygen atoms in total. The highest BCUT2D eigenvalue weighted by Gasteiger charge is 2.17. The minimum Gasteiger partial charge on any atom is -0.497 e. The lowest BCUT2D eigenvalue weighted by Gasteiger charge is -2.11. The first-order valence-corrected chi connectivity index (χ1v) is 11.7. The number of amides is 1. The molecule has 0 aliphatic heterocycles. The normalized spacial score (nSPS) is 10.7. The lowest BCUT2D eigenvalue weighted by molar-refractivity contribution is -0.113. The second-order valence-electron chi connectivity index (χ2n) is 6.67. The van der Waals surface area contributed by atoms with Crippen molar-refractivity contribution in [3.05, 3.63) is 82.3 Å². The molecule has 162 valence electrons. The van der Waals surface area contributed by atoms with E-state index in [1.165, 1.54) is 11.8 Å². The van der Waals surface area contributed by atoms with Crippen molar-refractivity contribution < 1.29 is 9.53 Å². The van der Waals surface area contributed by atoms with E-state index in [-0.39, 0.29) is 11.7 Å². The van der Waals surface area contributed by atoms with Gasteiger partial charge in [-0.1, -0.05) is 69.6 Å². The first-order chi connectivity index (χ1) is 15.5. The van der Waals surface area contributed by atoms with E-state index in [2.05, 4.69) is 31.4 Å². The van der Waals surface area contributed by atoms with Crippen molar-refractivity contribution in [1.82, 2.24) is 14.8 Å². The SMILES string of the molecule is COc1ccc(-n2c(SCC(=O)Nc3ccc(Br)cc3Cl)nnc2-c2ccccc2)cc1. The Morgan fingerprint density at radius 2 is 1.84 bits per heavy atom. The maximum absolute atomic E-state index is 12.6. The number of aromatic nitrogens is 3. The lowest BCUT2D eigenvalue weighted by atomic mass is 10.2. The zero-order valence-corrected chi connectivity index (χ0v) is 20.1. The fourth-order valence-corrected chi connectivity index (χ4v) is 4.48. The summed E-state index contributed by atoms with van der Waals surface area (Å²) in [6.07, 6.45) is 0. The minimum absolute atomic E-state index is 0.148. The van der Waals surface area contributed by atoms with Gasteiger partial charge in [0, 0.05) is 15.7 Å². The molecule has 0 spiro atoms. The van der Waals surface area contributed by atoms with Gasteiger partial charge in [-0.05, 0) is 42.5 Å². The third-order valence-corrected chi connectivity index (χ3v) is 6.27. The summed E-state index contributed by atoms with van der Waals surface area (Å²) in [5.74, 6) is 1.40. The Kier molecular flexibility index (Phi) is 7.14. The van der Waals surface area contributed by atoms with Gasteiger partial charge >= 0.3 is 0 Å². The smallest absolute Gasteiger partial charge is 0.234 e. The van der Waals surface area contributed by atoms with Crippen LogP contribution in [0.15, 0.2) is 82.4 Å². The maximum atomic E-state index is 12.6. The van der Waals surface area contributed by atoms with Gasteiger partial charge in [-0.3, -0.25) is 9.36 Å². The third kappa shape index (κ3) is 5.15. The second-order valence-corrected chi connectivity index (χ2v) is 8.93. The molecule has 4 rings (SSSR count). The number of halogens is 2. The van der Waals surface area contributed by atoms with E-state index in [4.69, 9.17) is 16.3 Å². The van der Waals surface area contributed by atoms with E-state index in [0.29, 0.717) is 21.7 Å². The molecule has 1 amide bonds. The fourth-order valence-electron chi connectivity index (χ4n) is 3.01. The first kappa shape index (κ1) is 22.4. The molecule has 1 N–H and O–H groups in total. The van der Waals surface area contributed by atoms with Crippen molar-refractivity contribution in [3.63, 3.8) is 0 Å². The molecule has 1 aromatic heterocycles.